The number of nitrogens with zero attached hydrogens (tertiary/aromatic N) is 1. The highest BCUT2D eigenvalue weighted by atomic mass is 32.1. The highest BCUT2D eigenvalue weighted by Crippen LogP contribution is 2.33. The van der Waals surface area contributed by atoms with E-state index in [0.717, 1.165) is 15.8 Å². The van der Waals surface area contributed by atoms with Crippen LogP contribution in [0.2, 0.25) is 0 Å². The van der Waals surface area contributed by atoms with E-state index < -0.39 is 0 Å². The van der Waals surface area contributed by atoms with E-state index in [9.17, 15) is 4.79 Å². The maximum Gasteiger partial charge on any atom is 0.241 e. The van der Waals surface area contributed by atoms with Gasteiger partial charge in [0, 0.05) is 4.70 Å². The average molecular weight is 205 g/mol. The van der Waals surface area contributed by atoms with Crippen molar-refractivity contribution in [2.24, 2.45) is 4.99 Å². The Labute approximate surface area is 84.7 Å². The van der Waals surface area contributed by atoms with E-state index in [1.165, 1.54) is 17.4 Å². The molecule has 0 atom stereocenters. The van der Waals surface area contributed by atoms with Gasteiger partial charge in [0.1, 0.15) is 10.8 Å². The van der Waals surface area contributed by atoms with E-state index in [0.29, 0.717) is 5.00 Å². The van der Waals surface area contributed by atoms with Crippen LogP contribution in [0.1, 0.15) is 0 Å². The van der Waals surface area contributed by atoms with Gasteiger partial charge in [-0.25, -0.2) is 4.79 Å². The number of ether oxygens (including phenoxy) is 1. The minimum atomic E-state index is 0.670. The van der Waals surface area contributed by atoms with Crippen molar-refractivity contribution in [3.63, 3.8) is 0 Å². The number of methoxy groups -OCH3 is 1. The Morgan fingerprint density at radius 2 is 2.29 bits per heavy atom. The number of aliphatic imine (C=N–C) groups is 1. The van der Waals surface area contributed by atoms with Crippen LogP contribution in [0.3, 0.4) is 0 Å². The number of hydrogen-bond acceptors (Lipinski definition) is 4. The number of thiophene rings is 1. The molecule has 1 heterocycles. The van der Waals surface area contributed by atoms with E-state index >= 15 is 0 Å². The lowest BCUT2D eigenvalue weighted by Gasteiger charge is -1.97. The minimum Gasteiger partial charge on any atom is -0.497 e. The molecule has 0 saturated heterocycles. The SMILES string of the molecule is COc1ccc2sc(N=C=O)cc2c1. The second kappa shape index (κ2) is 3.62. The normalized spacial score (nSPS) is 9.79. The fourth-order valence-electron chi connectivity index (χ4n) is 1.23. The first-order valence-electron chi connectivity index (χ1n) is 3.99. The Morgan fingerprint density at radius 3 is 3.00 bits per heavy atom. The molecule has 1 aromatic carbocycles. The second-order valence-corrected chi connectivity index (χ2v) is 3.75. The average Bonchev–Trinajstić information content (AvgIpc) is 2.59. The maximum absolute atomic E-state index is 10.1. The van der Waals surface area contributed by atoms with Gasteiger partial charge in [0.15, 0.2) is 0 Å². The van der Waals surface area contributed by atoms with Crippen molar-refractivity contribution >= 4 is 32.5 Å². The maximum atomic E-state index is 10.1. The summed E-state index contributed by atoms with van der Waals surface area (Å²) in [7, 11) is 1.62. The van der Waals surface area contributed by atoms with Gasteiger partial charge in [0.25, 0.3) is 0 Å². The van der Waals surface area contributed by atoms with Crippen LogP contribution in [0.15, 0.2) is 29.3 Å². The fourth-order valence-corrected chi connectivity index (χ4v) is 2.10. The van der Waals surface area contributed by atoms with Gasteiger partial charge in [-0.15, -0.1) is 11.3 Å². The van der Waals surface area contributed by atoms with Gasteiger partial charge in [0.2, 0.25) is 6.08 Å². The van der Waals surface area contributed by atoms with Crippen molar-refractivity contribution < 1.29 is 9.53 Å². The molecule has 2 rings (SSSR count). The molecule has 2 aromatic rings. The molecule has 0 aliphatic carbocycles. The fraction of sp³-hybridized carbons (Fsp3) is 0.100. The van der Waals surface area contributed by atoms with Crippen molar-refractivity contribution in [2.75, 3.05) is 7.11 Å². The van der Waals surface area contributed by atoms with E-state index in [2.05, 4.69) is 4.99 Å². The number of hydrogen-bond donors (Lipinski definition) is 0. The number of benzene rings is 1. The van der Waals surface area contributed by atoms with Gasteiger partial charge in [-0.05, 0) is 29.7 Å². The summed E-state index contributed by atoms with van der Waals surface area (Å²) >= 11 is 1.46. The van der Waals surface area contributed by atoms with E-state index in [-0.39, 0.29) is 0 Å². The molecule has 0 aliphatic heterocycles. The molecule has 1 aromatic heterocycles. The molecule has 4 heteroatoms. The van der Waals surface area contributed by atoms with E-state index in [1.807, 2.05) is 24.3 Å². The lowest BCUT2D eigenvalue weighted by atomic mass is 10.2. The quantitative estimate of drug-likeness (QED) is 0.558. The number of fused-ring (bicyclic) bond motifs is 1. The van der Waals surface area contributed by atoms with Crippen LogP contribution in [0.5, 0.6) is 5.75 Å². The molecule has 14 heavy (non-hydrogen) atoms. The van der Waals surface area contributed by atoms with Crippen LogP contribution >= 0.6 is 11.3 Å². The monoisotopic (exact) mass is 205 g/mol. The lowest BCUT2D eigenvalue weighted by Crippen LogP contribution is -1.79. The Hall–Kier alpha value is -1.64. The van der Waals surface area contributed by atoms with Crippen molar-refractivity contribution in [1.82, 2.24) is 0 Å². The molecule has 0 aliphatic rings. The first kappa shape index (κ1) is 8.94. The summed E-state index contributed by atoms with van der Waals surface area (Å²) < 4.78 is 6.17. The lowest BCUT2D eigenvalue weighted by molar-refractivity contribution is 0.415. The Bertz CT molecular complexity index is 512. The largest absolute Gasteiger partial charge is 0.497 e. The summed E-state index contributed by atoms with van der Waals surface area (Å²) in [6, 6.07) is 7.58. The molecule has 0 bridgehead atoms. The molecule has 0 radical (unpaired) electrons. The summed E-state index contributed by atoms with van der Waals surface area (Å²) in [5.41, 5.74) is 0. The van der Waals surface area contributed by atoms with Crippen molar-refractivity contribution in [1.29, 1.82) is 0 Å². The topological polar surface area (TPSA) is 38.7 Å². The molecule has 0 amide bonds. The minimum absolute atomic E-state index is 0.670. The summed E-state index contributed by atoms with van der Waals surface area (Å²) in [5.74, 6) is 0.803. The number of carbonyl (C=O) groups excluding carboxylic acids is 1. The van der Waals surface area contributed by atoms with Crippen LogP contribution in [0.4, 0.5) is 5.00 Å². The third-order valence-electron chi connectivity index (χ3n) is 1.87. The van der Waals surface area contributed by atoms with Gasteiger partial charge in [-0.3, -0.25) is 0 Å². The molecule has 0 unspecified atom stereocenters. The first-order chi connectivity index (χ1) is 6.83. The third-order valence-corrected chi connectivity index (χ3v) is 2.88. The Kier molecular flexibility index (Phi) is 2.31. The van der Waals surface area contributed by atoms with Gasteiger partial charge in [0.05, 0.1) is 7.11 Å². The van der Waals surface area contributed by atoms with Crippen LogP contribution in [-0.4, -0.2) is 13.2 Å². The van der Waals surface area contributed by atoms with Gasteiger partial charge < -0.3 is 4.74 Å². The Balaban J connectivity index is 2.59. The van der Waals surface area contributed by atoms with Crippen LogP contribution < -0.4 is 4.74 Å². The number of rotatable bonds is 2. The zero-order valence-electron chi connectivity index (χ0n) is 7.48. The highest BCUT2D eigenvalue weighted by Gasteiger charge is 2.01. The van der Waals surface area contributed by atoms with Crippen molar-refractivity contribution in [3.8, 4) is 5.75 Å². The predicted molar refractivity (Wildman–Crippen MR) is 56.2 cm³/mol. The summed E-state index contributed by atoms with van der Waals surface area (Å²) in [5, 5.41) is 1.70. The summed E-state index contributed by atoms with van der Waals surface area (Å²) in [4.78, 5) is 13.6. The van der Waals surface area contributed by atoms with Crippen LogP contribution in [-0.2, 0) is 4.79 Å². The van der Waals surface area contributed by atoms with Gasteiger partial charge in [-0.1, -0.05) is 0 Å². The zero-order chi connectivity index (χ0) is 9.97. The molecule has 70 valence electrons. The van der Waals surface area contributed by atoms with Crippen molar-refractivity contribution in [3.05, 3.63) is 24.3 Å². The van der Waals surface area contributed by atoms with E-state index in [1.54, 1.807) is 7.11 Å². The highest BCUT2D eigenvalue weighted by molar-refractivity contribution is 7.22. The molecule has 0 fully saturated rings. The zero-order valence-corrected chi connectivity index (χ0v) is 8.30. The second-order valence-electron chi connectivity index (χ2n) is 2.69. The van der Waals surface area contributed by atoms with Gasteiger partial charge in [-0.2, -0.15) is 4.99 Å². The predicted octanol–water partition coefficient (Wildman–Crippen LogP) is 2.88. The third kappa shape index (κ3) is 1.53. The Morgan fingerprint density at radius 1 is 1.43 bits per heavy atom. The standard InChI is InChI=1S/C10H7NO2S/c1-13-8-2-3-9-7(4-8)5-10(14-9)11-6-12/h2-5H,1H3. The molecule has 0 spiro atoms. The first-order valence-corrected chi connectivity index (χ1v) is 4.80. The molecule has 3 nitrogen and oxygen atoms in total. The molecule has 0 N–H and O–H groups in total. The summed E-state index contributed by atoms with van der Waals surface area (Å²) in [6.45, 7) is 0. The van der Waals surface area contributed by atoms with Crippen LogP contribution in [0.25, 0.3) is 10.1 Å². The van der Waals surface area contributed by atoms with Crippen molar-refractivity contribution in [2.45, 2.75) is 0 Å². The van der Waals surface area contributed by atoms with Gasteiger partial charge >= 0.3 is 0 Å². The molecular formula is C10H7NO2S. The number of isocyanates is 1. The molecular weight excluding hydrogens is 198 g/mol. The molecule has 0 saturated carbocycles. The summed E-state index contributed by atoms with van der Waals surface area (Å²) in [6.07, 6.45) is 1.53. The van der Waals surface area contributed by atoms with Crippen LogP contribution in [0, 0.1) is 0 Å². The van der Waals surface area contributed by atoms with E-state index in [4.69, 9.17) is 4.74 Å². The smallest absolute Gasteiger partial charge is 0.241 e.